The third kappa shape index (κ3) is 2.79. The maximum Gasteiger partial charge on any atom is 0.313 e. The van der Waals surface area contributed by atoms with Crippen LogP contribution in [-0.4, -0.2) is 31.6 Å². The van der Waals surface area contributed by atoms with E-state index in [1.54, 1.807) is 0 Å². The van der Waals surface area contributed by atoms with E-state index < -0.39 is 11.8 Å². The summed E-state index contributed by atoms with van der Waals surface area (Å²) >= 11 is 6.80. The molecule has 3 N–H and O–H groups in total. The molecule has 9 heteroatoms. The summed E-state index contributed by atoms with van der Waals surface area (Å²) < 4.78 is 15.0. The molecule has 0 saturated heterocycles. The number of carboxylic acid groups (broad SMARTS) is 1. The standard InChI is InChI=1S/C10H8ClFN4O2S/c11-5-2-1-3-6(12)8(5)16-9(13)14-15-10(16)19-4-7(17)18/h1-3H,4H2,(H2,13,14)(H,17,18). The van der Waals surface area contributed by atoms with Gasteiger partial charge in [-0.15, -0.1) is 10.2 Å². The first-order valence-corrected chi connectivity index (χ1v) is 6.37. The van der Waals surface area contributed by atoms with Crippen molar-refractivity contribution in [2.24, 2.45) is 0 Å². The summed E-state index contributed by atoms with van der Waals surface area (Å²) in [5, 5.41) is 16.2. The summed E-state index contributed by atoms with van der Waals surface area (Å²) in [5.74, 6) is -1.95. The van der Waals surface area contributed by atoms with Crippen LogP contribution in [0.2, 0.25) is 5.02 Å². The Morgan fingerprint density at radius 1 is 1.53 bits per heavy atom. The number of halogens is 2. The number of carbonyl (C=O) groups is 1. The van der Waals surface area contributed by atoms with E-state index in [1.165, 1.54) is 22.8 Å². The molecule has 0 atom stereocenters. The van der Waals surface area contributed by atoms with Crippen LogP contribution in [0, 0.1) is 5.82 Å². The molecule has 2 rings (SSSR count). The number of hydrogen-bond acceptors (Lipinski definition) is 5. The summed E-state index contributed by atoms with van der Waals surface area (Å²) in [4.78, 5) is 10.6. The van der Waals surface area contributed by atoms with Crippen LogP contribution in [0.15, 0.2) is 23.4 Å². The number of aliphatic carboxylic acids is 1. The molecule has 100 valence electrons. The molecule has 0 aliphatic rings. The number of aromatic nitrogens is 3. The molecule has 0 saturated carbocycles. The second kappa shape index (κ2) is 5.45. The fourth-order valence-corrected chi connectivity index (χ4v) is 2.33. The van der Waals surface area contributed by atoms with E-state index in [4.69, 9.17) is 22.4 Å². The highest BCUT2D eigenvalue weighted by Crippen LogP contribution is 2.29. The molecule has 1 heterocycles. The molecule has 0 bridgehead atoms. The predicted molar refractivity (Wildman–Crippen MR) is 69.1 cm³/mol. The molecule has 2 aromatic rings. The Labute approximate surface area is 116 Å². The fraction of sp³-hybridized carbons (Fsp3) is 0.100. The number of benzene rings is 1. The van der Waals surface area contributed by atoms with Gasteiger partial charge in [0.1, 0.15) is 11.5 Å². The van der Waals surface area contributed by atoms with Crippen molar-refractivity contribution in [3.63, 3.8) is 0 Å². The van der Waals surface area contributed by atoms with Crippen molar-refractivity contribution < 1.29 is 14.3 Å². The third-order valence-electron chi connectivity index (χ3n) is 2.14. The van der Waals surface area contributed by atoms with Gasteiger partial charge in [-0.2, -0.15) is 0 Å². The van der Waals surface area contributed by atoms with Crippen LogP contribution in [0.25, 0.3) is 5.69 Å². The zero-order chi connectivity index (χ0) is 14.0. The smallest absolute Gasteiger partial charge is 0.313 e. The number of thioether (sulfide) groups is 1. The number of para-hydroxylation sites is 1. The monoisotopic (exact) mass is 302 g/mol. The number of anilines is 1. The lowest BCUT2D eigenvalue weighted by Crippen LogP contribution is -2.06. The normalized spacial score (nSPS) is 10.6. The third-order valence-corrected chi connectivity index (χ3v) is 3.36. The number of hydrogen-bond donors (Lipinski definition) is 2. The first-order valence-electron chi connectivity index (χ1n) is 5.00. The first-order chi connectivity index (χ1) is 9.00. The van der Waals surface area contributed by atoms with E-state index in [2.05, 4.69) is 10.2 Å². The summed E-state index contributed by atoms with van der Waals surface area (Å²) in [6.07, 6.45) is 0. The molecule has 0 radical (unpaired) electrons. The zero-order valence-electron chi connectivity index (χ0n) is 9.38. The minimum atomic E-state index is -1.03. The number of rotatable bonds is 4. The molecular weight excluding hydrogens is 295 g/mol. The Kier molecular flexibility index (Phi) is 3.91. The van der Waals surface area contributed by atoms with E-state index in [1.807, 2.05) is 0 Å². The number of carboxylic acids is 1. The Morgan fingerprint density at radius 3 is 2.89 bits per heavy atom. The quantitative estimate of drug-likeness (QED) is 0.837. The highest BCUT2D eigenvalue weighted by atomic mass is 35.5. The maximum absolute atomic E-state index is 13.8. The van der Waals surface area contributed by atoms with Crippen molar-refractivity contribution >= 4 is 35.3 Å². The van der Waals surface area contributed by atoms with Gasteiger partial charge in [0.15, 0.2) is 5.16 Å². The lowest BCUT2D eigenvalue weighted by Gasteiger charge is -2.10. The lowest BCUT2D eigenvalue weighted by molar-refractivity contribution is -0.133. The largest absolute Gasteiger partial charge is 0.481 e. The van der Waals surface area contributed by atoms with Crippen LogP contribution in [-0.2, 0) is 4.79 Å². The summed E-state index contributed by atoms with van der Waals surface area (Å²) in [6.45, 7) is 0. The molecule has 0 unspecified atom stereocenters. The van der Waals surface area contributed by atoms with Gasteiger partial charge in [0, 0.05) is 0 Å². The Bertz CT molecular complexity index is 614. The molecule has 0 amide bonds. The van der Waals surface area contributed by atoms with Gasteiger partial charge in [-0.3, -0.25) is 9.36 Å². The molecule has 0 aliphatic carbocycles. The van der Waals surface area contributed by atoms with E-state index in [-0.39, 0.29) is 27.6 Å². The molecule has 6 nitrogen and oxygen atoms in total. The van der Waals surface area contributed by atoms with Gasteiger partial charge in [0.2, 0.25) is 5.95 Å². The summed E-state index contributed by atoms with van der Waals surface area (Å²) in [7, 11) is 0. The number of nitrogens with zero attached hydrogens (tertiary/aromatic N) is 3. The van der Waals surface area contributed by atoms with Gasteiger partial charge >= 0.3 is 5.97 Å². The number of nitrogen functional groups attached to an aromatic ring is 1. The number of nitrogens with two attached hydrogens (primary N) is 1. The molecule has 0 spiro atoms. The Morgan fingerprint density at radius 2 is 2.26 bits per heavy atom. The van der Waals surface area contributed by atoms with Gasteiger partial charge in [0.25, 0.3) is 0 Å². The second-order valence-corrected chi connectivity index (χ2v) is 4.78. The van der Waals surface area contributed by atoms with Gasteiger partial charge < -0.3 is 10.8 Å². The van der Waals surface area contributed by atoms with Gasteiger partial charge in [-0.1, -0.05) is 29.4 Å². The van der Waals surface area contributed by atoms with Gasteiger partial charge in [-0.05, 0) is 12.1 Å². The summed E-state index contributed by atoms with van der Waals surface area (Å²) in [5.41, 5.74) is 5.62. The second-order valence-electron chi connectivity index (χ2n) is 3.43. The van der Waals surface area contributed by atoms with Crippen molar-refractivity contribution in [3.8, 4) is 5.69 Å². The lowest BCUT2D eigenvalue weighted by atomic mass is 10.3. The average Bonchev–Trinajstić information content (AvgIpc) is 2.69. The minimum Gasteiger partial charge on any atom is -0.481 e. The highest BCUT2D eigenvalue weighted by molar-refractivity contribution is 7.99. The van der Waals surface area contributed by atoms with Gasteiger partial charge in [-0.25, -0.2) is 4.39 Å². The van der Waals surface area contributed by atoms with Crippen LogP contribution in [0.3, 0.4) is 0 Å². The Balaban J connectivity index is 2.49. The Hall–Kier alpha value is -1.80. The highest BCUT2D eigenvalue weighted by Gasteiger charge is 2.18. The van der Waals surface area contributed by atoms with Crippen LogP contribution in [0.4, 0.5) is 10.3 Å². The van der Waals surface area contributed by atoms with Gasteiger partial charge in [0.05, 0.1) is 10.8 Å². The van der Waals surface area contributed by atoms with Crippen molar-refractivity contribution in [1.82, 2.24) is 14.8 Å². The first kappa shape index (κ1) is 13.6. The minimum absolute atomic E-state index is 0.000412. The SMILES string of the molecule is Nc1nnc(SCC(=O)O)n1-c1c(F)cccc1Cl. The topological polar surface area (TPSA) is 94.0 Å². The molecule has 0 aliphatic heterocycles. The maximum atomic E-state index is 13.8. The average molecular weight is 303 g/mol. The van der Waals surface area contributed by atoms with Crippen LogP contribution in [0.5, 0.6) is 0 Å². The predicted octanol–water partition coefficient (Wildman–Crippen LogP) is 1.82. The molecule has 19 heavy (non-hydrogen) atoms. The van der Waals surface area contributed by atoms with Crippen molar-refractivity contribution in [3.05, 3.63) is 29.0 Å². The zero-order valence-corrected chi connectivity index (χ0v) is 11.0. The van der Waals surface area contributed by atoms with Crippen LogP contribution >= 0.6 is 23.4 Å². The molecule has 1 aromatic heterocycles. The van der Waals surface area contributed by atoms with E-state index in [0.29, 0.717) is 0 Å². The van der Waals surface area contributed by atoms with Crippen molar-refractivity contribution in [2.75, 3.05) is 11.5 Å². The summed E-state index contributed by atoms with van der Waals surface area (Å²) in [6, 6.07) is 4.16. The molecule has 1 aromatic carbocycles. The van der Waals surface area contributed by atoms with E-state index in [0.717, 1.165) is 11.8 Å². The molecular formula is C10H8ClFN4O2S. The van der Waals surface area contributed by atoms with E-state index in [9.17, 15) is 9.18 Å². The van der Waals surface area contributed by atoms with Crippen LogP contribution < -0.4 is 5.73 Å². The van der Waals surface area contributed by atoms with E-state index >= 15 is 0 Å². The van der Waals surface area contributed by atoms with Crippen LogP contribution in [0.1, 0.15) is 0 Å². The van der Waals surface area contributed by atoms with Crippen molar-refractivity contribution in [1.29, 1.82) is 0 Å². The fourth-order valence-electron chi connectivity index (χ4n) is 1.41. The van der Waals surface area contributed by atoms with Crippen molar-refractivity contribution in [2.45, 2.75) is 5.16 Å². The molecule has 0 fully saturated rings.